The molecular weight excluding hydrogens is 207 g/mol. The van der Waals surface area contributed by atoms with Crippen molar-refractivity contribution in [3.05, 3.63) is 35.6 Å². The Balaban J connectivity index is 1.74. The topological polar surface area (TPSA) is 18.5 Å². The molecule has 1 aliphatic heterocycles. The smallest absolute Gasteiger partial charge is 0.128 e. The number of hydrogen-bond donors (Lipinski definition) is 0. The van der Waals surface area contributed by atoms with Gasteiger partial charge in [0.25, 0.3) is 0 Å². The van der Waals surface area contributed by atoms with Gasteiger partial charge in [-0.1, -0.05) is 18.2 Å². The largest absolute Gasteiger partial charge is 0.374 e. The predicted octanol–water partition coefficient (Wildman–Crippen LogP) is 2.91. The van der Waals surface area contributed by atoms with Crippen LogP contribution in [0.5, 0.6) is 0 Å². The minimum Gasteiger partial charge on any atom is -0.374 e. The highest BCUT2D eigenvalue weighted by atomic mass is 19.1. The van der Waals surface area contributed by atoms with Crippen molar-refractivity contribution in [3.63, 3.8) is 0 Å². The first kappa shape index (κ1) is 11.6. The van der Waals surface area contributed by atoms with E-state index in [4.69, 9.17) is 9.47 Å². The second kappa shape index (κ2) is 5.41. The lowest BCUT2D eigenvalue weighted by atomic mass is 10.2. The van der Waals surface area contributed by atoms with Crippen LogP contribution >= 0.6 is 0 Å². The average Bonchev–Trinajstić information content (AvgIpc) is 2.67. The number of halogens is 1. The Morgan fingerprint density at radius 3 is 2.88 bits per heavy atom. The molecule has 0 saturated carbocycles. The van der Waals surface area contributed by atoms with Gasteiger partial charge < -0.3 is 9.47 Å². The maximum atomic E-state index is 13.2. The molecule has 16 heavy (non-hydrogen) atoms. The van der Waals surface area contributed by atoms with Gasteiger partial charge in [0.15, 0.2) is 0 Å². The van der Waals surface area contributed by atoms with Crippen molar-refractivity contribution in [1.82, 2.24) is 0 Å². The first-order chi connectivity index (χ1) is 7.75. The third kappa shape index (κ3) is 3.03. The van der Waals surface area contributed by atoms with Crippen molar-refractivity contribution in [2.24, 2.45) is 0 Å². The van der Waals surface area contributed by atoms with Crippen LogP contribution < -0.4 is 0 Å². The van der Waals surface area contributed by atoms with Crippen molar-refractivity contribution >= 4 is 0 Å². The lowest BCUT2D eigenvalue weighted by molar-refractivity contribution is -0.0147. The Morgan fingerprint density at radius 2 is 2.19 bits per heavy atom. The molecule has 2 rings (SSSR count). The Labute approximate surface area is 95.4 Å². The summed E-state index contributed by atoms with van der Waals surface area (Å²) in [5.74, 6) is -0.205. The fraction of sp³-hybridized carbons (Fsp3) is 0.538. The number of rotatable bonds is 4. The van der Waals surface area contributed by atoms with E-state index >= 15 is 0 Å². The molecule has 1 fully saturated rings. The summed E-state index contributed by atoms with van der Waals surface area (Å²) in [5.41, 5.74) is 0.605. The molecule has 1 saturated heterocycles. The van der Waals surface area contributed by atoms with Crippen LogP contribution in [0.2, 0.25) is 0 Å². The van der Waals surface area contributed by atoms with Crippen molar-refractivity contribution in [2.75, 3.05) is 6.61 Å². The molecule has 88 valence electrons. The van der Waals surface area contributed by atoms with Crippen molar-refractivity contribution in [1.29, 1.82) is 0 Å². The molecule has 3 heteroatoms. The van der Waals surface area contributed by atoms with Gasteiger partial charge in [0.2, 0.25) is 0 Å². The molecule has 0 aromatic heterocycles. The molecule has 1 aliphatic rings. The molecule has 0 N–H and O–H groups in total. The molecule has 2 nitrogen and oxygen atoms in total. The van der Waals surface area contributed by atoms with Gasteiger partial charge in [-0.3, -0.25) is 0 Å². The van der Waals surface area contributed by atoms with Gasteiger partial charge in [-0.2, -0.15) is 0 Å². The SMILES string of the molecule is CC1CCC(COCc2ccccc2F)O1. The Bertz CT molecular complexity index is 340. The first-order valence-corrected chi connectivity index (χ1v) is 5.72. The molecular formula is C13H17FO2. The Hall–Kier alpha value is -0.930. The minimum atomic E-state index is -0.205. The second-order valence-corrected chi connectivity index (χ2v) is 4.25. The highest BCUT2D eigenvalue weighted by Crippen LogP contribution is 2.19. The Kier molecular flexibility index (Phi) is 3.91. The molecule has 0 spiro atoms. The fourth-order valence-corrected chi connectivity index (χ4v) is 1.92. The first-order valence-electron chi connectivity index (χ1n) is 5.72. The number of hydrogen-bond acceptors (Lipinski definition) is 2. The normalized spacial score (nSPS) is 24.9. The van der Waals surface area contributed by atoms with Crippen LogP contribution in [0.25, 0.3) is 0 Å². The predicted molar refractivity (Wildman–Crippen MR) is 59.6 cm³/mol. The van der Waals surface area contributed by atoms with Crippen LogP contribution in [-0.4, -0.2) is 18.8 Å². The van der Waals surface area contributed by atoms with Crippen molar-refractivity contribution in [2.45, 2.75) is 38.6 Å². The zero-order valence-electron chi connectivity index (χ0n) is 9.49. The molecule has 1 aromatic carbocycles. The van der Waals surface area contributed by atoms with Crippen molar-refractivity contribution in [3.8, 4) is 0 Å². The third-order valence-corrected chi connectivity index (χ3v) is 2.84. The van der Waals surface area contributed by atoms with Crippen LogP contribution in [0.1, 0.15) is 25.3 Å². The maximum Gasteiger partial charge on any atom is 0.128 e. The van der Waals surface area contributed by atoms with Gasteiger partial charge in [-0.15, -0.1) is 0 Å². The van der Waals surface area contributed by atoms with Crippen LogP contribution in [0.15, 0.2) is 24.3 Å². The van der Waals surface area contributed by atoms with E-state index in [9.17, 15) is 4.39 Å². The van der Waals surface area contributed by atoms with Crippen LogP contribution in [0, 0.1) is 5.82 Å². The molecule has 0 bridgehead atoms. The maximum absolute atomic E-state index is 13.2. The molecule has 1 heterocycles. The van der Waals surface area contributed by atoms with Gasteiger partial charge >= 0.3 is 0 Å². The fourth-order valence-electron chi connectivity index (χ4n) is 1.92. The van der Waals surface area contributed by atoms with E-state index in [0.717, 1.165) is 12.8 Å². The lowest BCUT2D eigenvalue weighted by Gasteiger charge is -2.11. The number of ether oxygens (including phenoxy) is 2. The Morgan fingerprint density at radius 1 is 1.38 bits per heavy atom. The van der Waals surface area contributed by atoms with E-state index in [1.807, 2.05) is 6.07 Å². The zero-order chi connectivity index (χ0) is 11.4. The van der Waals surface area contributed by atoms with Gasteiger partial charge in [-0.25, -0.2) is 4.39 Å². The monoisotopic (exact) mass is 224 g/mol. The summed E-state index contributed by atoms with van der Waals surface area (Å²) in [6.07, 6.45) is 2.65. The third-order valence-electron chi connectivity index (χ3n) is 2.84. The van der Waals surface area contributed by atoms with E-state index in [1.165, 1.54) is 6.07 Å². The van der Waals surface area contributed by atoms with Gasteiger partial charge in [-0.05, 0) is 25.8 Å². The van der Waals surface area contributed by atoms with Gasteiger partial charge in [0, 0.05) is 5.56 Å². The van der Waals surface area contributed by atoms with E-state index in [1.54, 1.807) is 12.1 Å². The van der Waals surface area contributed by atoms with Crippen LogP contribution in [-0.2, 0) is 16.1 Å². The van der Waals surface area contributed by atoms with Crippen LogP contribution in [0.4, 0.5) is 4.39 Å². The van der Waals surface area contributed by atoms with Gasteiger partial charge in [0.05, 0.1) is 25.4 Å². The number of benzene rings is 1. The average molecular weight is 224 g/mol. The summed E-state index contributed by atoms with van der Waals surface area (Å²) in [6.45, 7) is 2.94. The highest BCUT2D eigenvalue weighted by Gasteiger charge is 2.21. The quantitative estimate of drug-likeness (QED) is 0.783. The molecule has 0 aliphatic carbocycles. The van der Waals surface area contributed by atoms with Crippen molar-refractivity contribution < 1.29 is 13.9 Å². The summed E-state index contributed by atoms with van der Waals surface area (Å²) in [6, 6.07) is 6.69. The summed E-state index contributed by atoms with van der Waals surface area (Å²) in [4.78, 5) is 0. The molecule has 2 unspecified atom stereocenters. The van der Waals surface area contributed by atoms with E-state index in [0.29, 0.717) is 24.9 Å². The minimum absolute atomic E-state index is 0.182. The molecule has 0 radical (unpaired) electrons. The summed E-state index contributed by atoms with van der Waals surface area (Å²) < 4.78 is 24.3. The van der Waals surface area contributed by atoms with E-state index in [2.05, 4.69) is 6.92 Å². The summed E-state index contributed by atoms with van der Waals surface area (Å²) in [5, 5.41) is 0. The van der Waals surface area contributed by atoms with E-state index in [-0.39, 0.29) is 11.9 Å². The lowest BCUT2D eigenvalue weighted by Crippen LogP contribution is -2.15. The summed E-state index contributed by atoms with van der Waals surface area (Å²) in [7, 11) is 0. The standard InChI is InChI=1S/C13H17FO2/c1-10-6-7-12(16-10)9-15-8-11-4-2-3-5-13(11)14/h2-5,10,12H,6-9H2,1H3. The molecule has 2 atom stereocenters. The van der Waals surface area contributed by atoms with E-state index < -0.39 is 0 Å². The van der Waals surface area contributed by atoms with Gasteiger partial charge in [0.1, 0.15) is 5.82 Å². The van der Waals surface area contributed by atoms with Crippen LogP contribution in [0.3, 0.4) is 0 Å². The highest BCUT2D eigenvalue weighted by molar-refractivity contribution is 5.16. The summed E-state index contributed by atoms with van der Waals surface area (Å²) >= 11 is 0. The zero-order valence-corrected chi connectivity index (χ0v) is 9.49. The molecule has 0 amide bonds. The molecule has 1 aromatic rings. The second-order valence-electron chi connectivity index (χ2n) is 4.25.